The van der Waals surface area contributed by atoms with Crippen molar-refractivity contribution in [2.45, 2.75) is 0 Å². The SMILES string of the molecule is COCCS(=O)(=O)CCOc1cccc(C(=O)O)c1. The van der Waals surface area contributed by atoms with Gasteiger partial charge in [-0.25, -0.2) is 13.2 Å². The van der Waals surface area contributed by atoms with E-state index in [1.165, 1.54) is 25.3 Å². The third-order valence-electron chi connectivity index (χ3n) is 2.34. The van der Waals surface area contributed by atoms with Gasteiger partial charge in [-0.1, -0.05) is 6.07 Å². The second kappa shape index (κ2) is 7.10. The van der Waals surface area contributed by atoms with E-state index in [4.69, 9.17) is 14.6 Å². The highest BCUT2D eigenvalue weighted by Crippen LogP contribution is 2.13. The fraction of sp³-hybridized carbons (Fsp3) is 0.417. The van der Waals surface area contributed by atoms with Gasteiger partial charge in [0.15, 0.2) is 9.84 Å². The van der Waals surface area contributed by atoms with E-state index in [0.29, 0.717) is 5.75 Å². The molecule has 0 spiro atoms. The number of carboxylic acid groups (broad SMARTS) is 1. The summed E-state index contributed by atoms with van der Waals surface area (Å²) in [6.45, 7) is 0.131. The van der Waals surface area contributed by atoms with E-state index in [0.717, 1.165) is 0 Å². The summed E-state index contributed by atoms with van der Waals surface area (Å²) in [4.78, 5) is 10.7. The molecule has 0 bridgehead atoms. The predicted octanol–water partition coefficient (Wildman–Crippen LogP) is 0.825. The molecule has 0 heterocycles. The zero-order valence-corrected chi connectivity index (χ0v) is 11.4. The molecule has 1 aromatic carbocycles. The van der Waals surface area contributed by atoms with Gasteiger partial charge in [0.2, 0.25) is 0 Å². The molecular weight excluding hydrogens is 272 g/mol. The van der Waals surface area contributed by atoms with Crippen LogP contribution in [0.25, 0.3) is 0 Å². The number of benzene rings is 1. The Morgan fingerprint density at radius 1 is 1.26 bits per heavy atom. The van der Waals surface area contributed by atoms with Crippen molar-refractivity contribution >= 4 is 15.8 Å². The summed E-state index contributed by atoms with van der Waals surface area (Å²) in [6.07, 6.45) is 0. The monoisotopic (exact) mass is 288 g/mol. The number of rotatable bonds is 8. The maximum atomic E-state index is 11.5. The lowest BCUT2D eigenvalue weighted by Gasteiger charge is -2.07. The lowest BCUT2D eigenvalue weighted by Crippen LogP contribution is -2.19. The third kappa shape index (κ3) is 5.71. The summed E-state index contributed by atoms with van der Waals surface area (Å²) in [6, 6.07) is 5.90. The van der Waals surface area contributed by atoms with Gasteiger partial charge in [-0.2, -0.15) is 0 Å². The first kappa shape index (κ1) is 15.5. The van der Waals surface area contributed by atoms with Crippen LogP contribution >= 0.6 is 0 Å². The average molecular weight is 288 g/mol. The number of methoxy groups -OCH3 is 1. The van der Waals surface area contributed by atoms with Crippen LogP contribution in [0.4, 0.5) is 0 Å². The number of hydrogen-bond acceptors (Lipinski definition) is 5. The standard InChI is InChI=1S/C12H16O6S/c1-17-5-7-19(15,16)8-6-18-11-4-2-3-10(9-11)12(13)14/h2-4,9H,5-8H2,1H3,(H,13,14). The molecular formula is C12H16O6S. The molecule has 0 fully saturated rings. The van der Waals surface area contributed by atoms with E-state index < -0.39 is 15.8 Å². The van der Waals surface area contributed by atoms with E-state index in [-0.39, 0.29) is 30.3 Å². The van der Waals surface area contributed by atoms with Gasteiger partial charge < -0.3 is 14.6 Å². The molecule has 0 aromatic heterocycles. The van der Waals surface area contributed by atoms with Crippen molar-refractivity contribution in [1.82, 2.24) is 0 Å². The van der Waals surface area contributed by atoms with Crippen LogP contribution < -0.4 is 4.74 Å². The van der Waals surface area contributed by atoms with E-state index in [9.17, 15) is 13.2 Å². The number of sulfone groups is 1. The summed E-state index contributed by atoms with van der Waals surface area (Å²) in [5.74, 6) is -0.907. The Morgan fingerprint density at radius 3 is 2.58 bits per heavy atom. The molecule has 0 saturated heterocycles. The van der Waals surface area contributed by atoms with E-state index in [2.05, 4.69) is 0 Å². The van der Waals surface area contributed by atoms with Gasteiger partial charge in [0.05, 0.1) is 23.7 Å². The zero-order chi connectivity index (χ0) is 14.3. The minimum atomic E-state index is -3.21. The van der Waals surface area contributed by atoms with Gasteiger partial charge >= 0.3 is 5.97 Å². The molecule has 1 N–H and O–H groups in total. The summed E-state index contributed by atoms with van der Waals surface area (Å²) in [7, 11) is -1.77. The van der Waals surface area contributed by atoms with Crippen molar-refractivity contribution in [3.8, 4) is 5.75 Å². The summed E-state index contributed by atoms with van der Waals surface area (Å²) >= 11 is 0. The number of carboxylic acids is 1. The molecule has 106 valence electrons. The van der Waals surface area contributed by atoms with Gasteiger partial charge in [-0.05, 0) is 18.2 Å². The molecule has 0 aliphatic rings. The minimum Gasteiger partial charge on any atom is -0.493 e. The van der Waals surface area contributed by atoms with E-state index in [1.54, 1.807) is 6.07 Å². The van der Waals surface area contributed by atoms with Gasteiger partial charge in [0.25, 0.3) is 0 Å². The molecule has 19 heavy (non-hydrogen) atoms. The van der Waals surface area contributed by atoms with Gasteiger partial charge in [0, 0.05) is 7.11 Å². The number of ether oxygens (including phenoxy) is 2. The fourth-order valence-corrected chi connectivity index (χ4v) is 2.28. The van der Waals surface area contributed by atoms with Crippen molar-refractivity contribution in [3.05, 3.63) is 29.8 Å². The number of carbonyl (C=O) groups is 1. The Balaban J connectivity index is 2.49. The highest BCUT2D eigenvalue weighted by atomic mass is 32.2. The van der Waals surface area contributed by atoms with Crippen molar-refractivity contribution in [2.24, 2.45) is 0 Å². The first-order valence-corrected chi connectivity index (χ1v) is 7.42. The molecule has 1 aromatic rings. The summed E-state index contributed by atoms with van der Waals surface area (Å²) < 4.78 is 32.9. The van der Waals surface area contributed by atoms with Crippen LogP contribution in [-0.4, -0.2) is 51.3 Å². The first-order valence-electron chi connectivity index (χ1n) is 5.60. The molecule has 0 atom stereocenters. The van der Waals surface area contributed by atoms with E-state index in [1.807, 2.05) is 0 Å². The van der Waals surface area contributed by atoms with Gasteiger partial charge in [0.1, 0.15) is 12.4 Å². The lowest BCUT2D eigenvalue weighted by atomic mass is 10.2. The van der Waals surface area contributed by atoms with Crippen molar-refractivity contribution < 1.29 is 27.8 Å². The Hall–Kier alpha value is -1.60. The van der Waals surface area contributed by atoms with Crippen LogP contribution in [0.15, 0.2) is 24.3 Å². The zero-order valence-electron chi connectivity index (χ0n) is 10.5. The second-order valence-electron chi connectivity index (χ2n) is 3.83. The maximum absolute atomic E-state index is 11.5. The summed E-state index contributed by atoms with van der Waals surface area (Å²) in [5, 5.41) is 8.80. The molecule has 1 rings (SSSR count). The first-order chi connectivity index (χ1) is 8.94. The van der Waals surface area contributed by atoms with Crippen LogP contribution in [0.2, 0.25) is 0 Å². The van der Waals surface area contributed by atoms with Crippen LogP contribution in [-0.2, 0) is 14.6 Å². The molecule has 0 aliphatic carbocycles. The Bertz CT molecular complexity index is 523. The second-order valence-corrected chi connectivity index (χ2v) is 6.13. The highest BCUT2D eigenvalue weighted by Gasteiger charge is 2.11. The van der Waals surface area contributed by atoms with Crippen LogP contribution in [0.5, 0.6) is 5.75 Å². The summed E-state index contributed by atoms with van der Waals surface area (Å²) in [5.41, 5.74) is 0.0970. The van der Waals surface area contributed by atoms with Crippen molar-refractivity contribution in [3.63, 3.8) is 0 Å². The lowest BCUT2D eigenvalue weighted by molar-refractivity contribution is 0.0696. The smallest absolute Gasteiger partial charge is 0.335 e. The van der Waals surface area contributed by atoms with Crippen molar-refractivity contribution in [1.29, 1.82) is 0 Å². The largest absolute Gasteiger partial charge is 0.493 e. The normalized spacial score (nSPS) is 11.2. The average Bonchev–Trinajstić information content (AvgIpc) is 2.36. The molecule has 0 aliphatic heterocycles. The number of hydrogen-bond donors (Lipinski definition) is 1. The van der Waals surface area contributed by atoms with Crippen molar-refractivity contribution in [2.75, 3.05) is 31.8 Å². The number of aromatic carboxylic acids is 1. The van der Waals surface area contributed by atoms with Crippen LogP contribution in [0.1, 0.15) is 10.4 Å². The topological polar surface area (TPSA) is 89.9 Å². The Morgan fingerprint density at radius 2 is 1.95 bits per heavy atom. The molecule has 7 heteroatoms. The molecule has 0 amide bonds. The third-order valence-corrected chi connectivity index (χ3v) is 3.92. The van der Waals surface area contributed by atoms with Gasteiger partial charge in [-0.3, -0.25) is 0 Å². The van der Waals surface area contributed by atoms with Gasteiger partial charge in [-0.15, -0.1) is 0 Å². The molecule has 0 saturated carbocycles. The van der Waals surface area contributed by atoms with Crippen LogP contribution in [0, 0.1) is 0 Å². The van der Waals surface area contributed by atoms with E-state index >= 15 is 0 Å². The Labute approximate surface area is 111 Å². The maximum Gasteiger partial charge on any atom is 0.335 e. The highest BCUT2D eigenvalue weighted by molar-refractivity contribution is 7.91. The van der Waals surface area contributed by atoms with Crippen LogP contribution in [0.3, 0.4) is 0 Å². The molecule has 0 unspecified atom stereocenters. The minimum absolute atomic E-state index is 0.0187. The fourth-order valence-electron chi connectivity index (χ4n) is 1.32. The molecule has 0 radical (unpaired) electrons. The quantitative estimate of drug-likeness (QED) is 0.762. The Kier molecular flexibility index (Phi) is 5.78. The molecule has 6 nitrogen and oxygen atoms in total. The predicted molar refractivity (Wildman–Crippen MR) is 69.4 cm³/mol.